The molecule has 0 aliphatic heterocycles. The molecule has 3 N–H and O–H groups in total. The maximum atomic E-state index is 12.1. The number of carbonyl (C=O) groups is 2. The SMILES string of the molecule is C=CCC(N)C(=O)Nc1sc(C)c(CC)c1C(=O)OCC. The van der Waals surface area contributed by atoms with Gasteiger partial charge in [-0.3, -0.25) is 4.79 Å². The van der Waals surface area contributed by atoms with Crippen LogP contribution in [-0.2, 0) is 16.0 Å². The zero-order chi connectivity index (χ0) is 16.0. The number of nitrogens with two attached hydrogens (primary N) is 1. The first kappa shape index (κ1) is 17.4. The number of hydrogen-bond donors (Lipinski definition) is 2. The van der Waals surface area contributed by atoms with Gasteiger partial charge in [-0.25, -0.2) is 4.79 Å². The van der Waals surface area contributed by atoms with E-state index in [1.807, 2.05) is 13.8 Å². The highest BCUT2D eigenvalue weighted by Gasteiger charge is 2.24. The van der Waals surface area contributed by atoms with E-state index >= 15 is 0 Å². The van der Waals surface area contributed by atoms with E-state index in [4.69, 9.17) is 10.5 Å². The van der Waals surface area contributed by atoms with Gasteiger partial charge < -0.3 is 15.8 Å². The molecule has 1 heterocycles. The Hall–Kier alpha value is -1.66. The summed E-state index contributed by atoms with van der Waals surface area (Å²) in [5.41, 5.74) is 7.10. The Morgan fingerprint density at radius 1 is 1.48 bits per heavy atom. The Kier molecular flexibility index (Phi) is 6.58. The predicted molar refractivity (Wildman–Crippen MR) is 85.8 cm³/mol. The van der Waals surface area contributed by atoms with Gasteiger partial charge in [0.1, 0.15) is 5.00 Å². The van der Waals surface area contributed by atoms with Crippen LogP contribution in [0.1, 0.15) is 41.1 Å². The van der Waals surface area contributed by atoms with Crippen LogP contribution in [0.25, 0.3) is 0 Å². The fourth-order valence-electron chi connectivity index (χ4n) is 2.00. The van der Waals surface area contributed by atoms with Crippen LogP contribution in [0.15, 0.2) is 12.7 Å². The number of esters is 1. The molecule has 1 unspecified atom stereocenters. The monoisotopic (exact) mass is 310 g/mol. The largest absolute Gasteiger partial charge is 0.462 e. The van der Waals surface area contributed by atoms with Gasteiger partial charge in [-0.15, -0.1) is 17.9 Å². The fraction of sp³-hybridized carbons (Fsp3) is 0.467. The summed E-state index contributed by atoms with van der Waals surface area (Å²) < 4.78 is 5.08. The number of ether oxygens (including phenoxy) is 1. The quantitative estimate of drug-likeness (QED) is 0.599. The van der Waals surface area contributed by atoms with Gasteiger partial charge in [0.05, 0.1) is 18.2 Å². The molecule has 1 aromatic heterocycles. The van der Waals surface area contributed by atoms with Crippen LogP contribution in [0.5, 0.6) is 0 Å². The first-order chi connectivity index (χ1) is 9.96. The molecule has 116 valence electrons. The van der Waals surface area contributed by atoms with Crippen molar-refractivity contribution in [3.05, 3.63) is 28.7 Å². The van der Waals surface area contributed by atoms with E-state index in [0.717, 1.165) is 10.4 Å². The predicted octanol–water partition coefficient (Wildman–Crippen LogP) is 2.64. The third-order valence-electron chi connectivity index (χ3n) is 3.04. The molecule has 1 aromatic rings. The van der Waals surface area contributed by atoms with Crippen LogP contribution < -0.4 is 11.1 Å². The lowest BCUT2D eigenvalue weighted by molar-refractivity contribution is -0.117. The fourth-order valence-corrected chi connectivity index (χ4v) is 3.14. The van der Waals surface area contributed by atoms with Crippen molar-refractivity contribution in [2.24, 2.45) is 5.73 Å². The molecule has 0 radical (unpaired) electrons. The van der Waals surface area contributed by atoms with E-state index in [9.17, 15) is 9.59 Å². The van der Waals surface area contributed by atoms with E-state index in [-0.39, 0.29) is 5.91 Å². The summed E-state index contributed by atoms with van der Waals surface area (Å²) in [6, 6.07) is -0.676. The van der Waals surface area contributed by atoms with Gasteiger partial charge >= 0.3 is 5.97 Å². The van der Waals surface area contributed by atoms with E-state index in [1.54, 1.807) is 13.0 Å². The highest BCUT2D eigenvalue weighted by molar-refractivity contribution is 7.16. The van der Waals surface area contributed by atoms with Gasteiger partial charge in [0.15, 0.2) is 0 Å². The van der Waals surface area contributed by atoms with Crippen molar-refractivity contribution in [3.63, 3.8) is 0 Å². The van der Waals surface area contributed by atoms with E-state index in [1.165, 1.54) is 11.3 Å². The molecule has 6 heteroatoms. The van der Waals surface area contributed by atoms with Crippen molar-refractivity contribution in [2.75, 3.05) is 11.9 Å². The van der Waals surface area contributed by atoms with E-state index < -0.39 is 12.0 Å². The molecule has 0 fully saturated rings. The second kappa shape index (κ2) is 7.95. The minimum Gasteiger partial charge on any atom is -0.462 e. The molecule has 0 saturated carbocycles. The molecular weight excluding hydrogens is 288 g/mol. The lowest BCUT2D eigenvalue weighted by Gasteiger charge is -2.11. The summed E-state index contributed by atoms with van der Waals surface area (Å²) in [6.45, 7) is 9.49. The average Bonchev–Trinajstić information content (AvgIpc) is 2.74. The molecule has 0 aliphatic rings. The van der Waals surface area contributed by atoms with E-state index in [2.05, 4.69) is 11.9 Å². The molecule has 0 bridgehead atoms. The van der Waals surface area contributed by atoms with Gasteiger partial charge in [-0.1, -0.05) is 13.0 Å². The third kappa shape index (κ3) is 4.15. The molecular formula is C15H22N2O3S. The molecule has 0 aliphatic carbocycles. The summed E-state index contributed by atoms with van der Waals surface area (Å²) in [7, 11) is 0. The van der Waals surface area contributed by atoms with Crippen LogP contribution in [0.3, 0.4) is 0 Å². The number of hydrogen-bond acceptors (Lipinski definition) is 5. The highest BCUT2D eigenvalue weighted by Crippen LogP contribution is 2.34. The molecule has 21 heavy (non-hydrogen) atoms. The minimum atomic E-state index is -0.676. The maximum Gasteiger partial charge on any atom is 0.341 e. The number of rotatable bonds is 7. The lowest BCUT2D eigenvalue weighted by Crippen LogP contribution is -2.35. The first-order valence-corrected chi connectivity index (χ1v) is 7.74. The van der Waals surface area contributed by atoms with Crippen LogP contribution in [0.2, 0.25) is 0 Å². The summed E-state index contributed by atoms with van der Waals surface area (Å²) >= 11 is 1.37. The standard InChI is InChI=1S/C15H22N2O3S/c1-5-8-11(16)13(18)17-14-12(15(19)20-7-3)10(6-2)9(4)21-14/h5,11H,1,6-8,16H2,2-4H3,(H,17,18). The second-order valence-corrected chi connectivity index (χ2v) is 5.76. The summed E-state index contributed by atoms with van der Waals surface area (Å²) in [5.74, 6) is -0.740. The molecule has 1 atom stereocenters. The first-order valence-electron chi connectivity index (χ1n) is 6.92. The zero-order valence-electron chi connectivity index (χ0n) is 12.7. The second-order valence-electron chi connectivity index (χ2n) is 4.54. The number of anilines is 1. The normalized spacial score (nSPS) is 11.8. The van der Waals surface area contributed by atoms with Gasteiger partial charge in [0.2, 0.25) is 5.91 Å². The highest BCUT2D eigenvalue weighted by atomic mass is 32.1. The molecule has 5 nitrogen and oxygen atoms in total. The van der Waals surface area contributed by atoms with Crippen LogP contribution in [-0.4, -0.2) is 24.5 Å². The van der Waals surface area contributed by atoms with E-state index in [0.29, 0.717) is 30.0 Å². The van der Waals surface area contributed by atoms with Crippen molar-refractivity contribution in [1.82, 2.24) is 0 Å². The van der Waals surface area contributed by atoms with Gasteiger partial charge in [-0.2, -0.15) is 0 Å². The topological polar surface area (TPSA) is 81.4 Å². The Bertz CT molecular complexity index is 537. The zero-order valence-corrected chi connectivity index (χ0v) is 13.5. The average molecular weight is 310 g/mol. The number of aryl methyl sites for hydroxylation is 1. The van der Waals surface area contributed by atoms with Gasteiger partial charge in [-0.05, 0) is 32.3 Å². The number of carbonyl (C=O) groups excluding carboxylic acids is 2. The van der Waals surface area contributed by atoms with Crippen LogP contribution in [0, 0.1) is 6.92 Å². The Morgan fingerprint density at radius 2 is 2.14 bits per heavy atom. The third-order valence-corrected chi connectivity index (χ3v) is 4.10. The van der Waals surface area contributed by atoms with Gasteiger partial charge in [0, 0.05) is 4.88 Å². The van der Waals surface area contributed by atoms with Gasteiger partial charge in [0.25, 0.3) is 0 Å². The van der Waals surface area contributed by atoms with Crippen molar-refractivity contribution in [2.45, 2.75) is 39.7 Å². The molecule has 0 saturated heterocycles. The Balaban J connectivity index is 3.09. The van der Waals surface area contributed by atoms with Crippen molar-refractivity contribution >= 4 is 28.2 Å². The molecule has 0 spiro atoms. The van der Waals surface area contributed by atoms with Crippen molar-refractivity contribution in [3.8, 4) is 0 Å². The van der Waals surface area contributed by atoms with Crippen molar-refractivity contribution < 1.29 is 14.3 Å². The Labute approximate surface area is 129 Å². The Morgan fingerprint density at radius 3 is 2.67 bits per heavy atom. The van der Waals surface area contributed by atoms with Crippen LogP contribution in [0.4, 0.5) is 5.00 Å². The number of amides is 1. The molecule has 0 aromatic carbocycles. The molecule has 1 rings (SSSR count). The summed E-state index contributed by atoms with van der Waals surface area (Å²) in [4.78, 5) is 25.1. The number of nitrogens with one attached hydrogen (secondary N) is 1. The summed E-state index contributed by atoms with van der Waals surface area (Å²) in [5, 5.41) is 3.24. The maximum absolute atomic E-state index is 12.1. The lowest BCUT2D eigenvalue weighted by atomic mass is 10.1. The smallest absolute Gasteiger partial charge is 0.341 e. The number of thiophene rings is 1. The minimum absolute atomic E-state index is 0.292. The van der Waals surface area contributed by atoms with Crippen LogP contribution >= 0.6 is 11.3 Å². The van der Waals surface area contributed by atoms with Crippen molar-refractivity contribution in [1.29, 1.82) is 0 Å². The summed E-state index contributed by atoms with van der Waals surface area (Å²) in [6.07, 6.45) is 2.67. The molecule has 1 amide bonds.